The van der Waals surface area contributed by atoms with Gasteiger partial charge in [-0.25, -0.2) is 0 Å². The number of anilines is 1. The topological polar surface area (TPSA) is 55.1 Å². The second-order valence-electron chi connectivity index (χ2n) is 6.30. The van der Waals surface area contributed by atoms with E-state index in [-0.39, 0.29) is 24.6 Å². The average molecular weight is 348 g/mol. The molecule has 0 atom stereocenters. The van der Waals surface area contributed by atoms with E-state index >= 15 is 0 Å². The highest BCUT2D eigenvalue weighted by Crippen LogP contribution is 2.32. The van der Waals surface area contributed by atoms with Crippen LogP contribution in [0.4, 0.5) is 18.9 Å². The first kappa shape index (κ1) is 17.5. The van der Waals surface area contributed by atoms with Crippen LogP contribution >= 0.6 is 0 Å². The van der Waals surface area contributed by atoms with Crippen molar-refractivity contribution in [2.45, 2.75) is 38.4 Å². The van der Waals surface area contributed by atoms with Gasteiger partial charge in [-0.15, -0.1) is 0 Å². The minimum absolute atomic E-state index is 0.0301. The highest BCUT2D eigenvalue weighted by atomic mass is 19.4. The minimum atomic E-state index is -4.48. The molecule has 1 aliphatic carbocycles. The molecule has 6 heteroatoms. The third-order valence-electron chi connectivity index (χ3n) is 4.37. The quantitative estimate of drug-likeness (QED) is 0.882. The Morgan fingerprint density at radius 1 is 1.04 bits per heavy atom. The number of nitrogens with one attached hydrogen (secondary N) is 1. The summed E-state index contributed by atoms with van der Waals surface area (Å²) in [6, 6.07) is 9.34. The van der Waals surface area contributed by atoms with Gasteiger partial charge in [-0.05, 0) is 59.7 Å². The SMILES string of the molecule is NCc1cc(NC(=O)Cc2ccc3c(c2)CCC3)cc(C(F)(F)F)c1. The molecule has 2 aromatic rings. The van der Waals surface area contributed by atoms with E-state index in [1.807, 2.05) is 18.2 Å². The van der Waals surface area contributed by atoms with Crippen LogP contribution in [0.1, 0.15) is 34.2 Å². The molecule has 1 amide bonds. The Morgan fingerprint density at radius 2 is 1.80 bits per heavy atom. The number of hydrogen-bond acceptors (Lipinski definition) is 2. The van der Waals surface area contributed by atoms with Crippen molar-refractivity contribution in [1.82, 2.24) is 0 Å². The van der Waals surface area contributed by atoms with Gasteiger partial charge in [0.15, 0.2) is 0 Å². The van der Waals surface area contributed by atoms with Gasteiger partial charge in [-0.2, -0.15) is 13.2 Å². The van der Waals surface area contributed by atoms with Gasteiger partial charge in [0, 0.05) is 12.2 Å². The summed E-state index contributed by atoms with van der Waals surface area (Å²) in [5.74, 6) is -0.347. The molecule has 1 aliphatic rings. The summed E-state index contributed by atoms with van der Waals surface area (Å²) in [7, 11) is 0. The van der Waals surface area contributed by atoms with Crippen molar-refractivity contribution >= 4 is 11.6 Å². The van der Waals surface area contributed by atoms with Crippen molar-refractivity contribution in [2.75, 3.05) is 5.32 Å². The molecular weight excluding hydrogens is 329 g/mol. The predicted octanol–water partition coefficient (Wildman–Crippen LogP) is 3.83. The Hall–Kier alpha value is -2.34. The van der Waals surface area contributed by atoms with E-state index in [2.05, 4.69) is 5.32 Å². The number of nitrogens with two attached hydrogens (primary N) is 1. The molecule has 0 aliphatic heterocycles. The second-order valence-corrected chi connectivity index (χ2v) is 6.30. The van der Waals surface area contributed by atoms with Gasteiger partial charge in [-0.3, -0.25) is 4.79 Å². The van der Waals surface area contributed by atoms with Crippen LogP contribution in [-0.4, -0.2) is 5.91 Å². The molecule has 3 N–H and O–H groups in total. The number of halogens is 3. The summed E-state index contributed by atoms with van der Waals surface area (Å²) in [4.78, 5) is 12.2. The van der Waals surface area contributed by atoms with Crippen molar-refractivity contribution in [1.29, 1.82) is 0 Å². The molecule has 0 radical (unpaired) electrons. The van der Waals surface area contributed by atoms with Gasteiger partial charge in [0.25, 0.3) is 0 Å². The van der Waals surface area contributed by atoms with Crippen LogP contribution in [0.25, 0.3) is 0 Å². The number of benzene rings is 2. The molecule has 0 fully saturated rings. The van der Waals surface area contributed by atoms with Crippen LogP contribution in [0.2, 0.25) is 0 Å². The zero-order chi connectivity index (χ0) is 18.0. The van der Waals surface area contributed by atoms with Crippen molar-refractivity contribution < 1.29 is 18.0 Å². The lowest BCUT2D eigenvalue weighted by molar-refractivity contribution is -0.137. The van der Waals surface area contributed by atoms with E-state index in [9.17, 15) is 18.0 Å². The van der Waals surface area contributed by atoms with Crippen molar-refractivity contribution in [2.24, 2.45) is 5.73 Å². The summed E-state index contributed by atoms with van der Waals surface area (Å²) in [5.41, 5.74) is 8.51. The maximum absolute atomic E-state index is 12.9. The highest BCUT2D eigenvalue weighted by Gasteiger charge is 2.31. The van der Waals surface area contributed by atoms with Crippen molar-refractivity contribution in [3.63, 3.8) is 0 Å². The number of amides is 1. The Bertz CT molecular complexity index is 800. The van der Waals surface area contributed by atoms with E-state index < -0.39 is 11.7 Å². The number of aryl methyl sites for hydroxylation is 2. The van der Waals surface area contributed by atoms with E-state index in [1.165, 1.54) is 17.2 Å². The Balaban J connectivity index is 1.74. The van der Waals surface area contributed by atoms with Gasteiger partial charge in [-0.1, -0.05) is 18.2 Å². The molecule has 0 heterocycles. The number of carbonyl (C=O) groups is 1. The number of hydrogen-bond donors (Lipinski definition) is 2. The van der Waals surface area contributed by atoms with Crippen molar-refractivity contribution in [3.8, 4) is 0 Å². The lowest BCUT2D eigenvalue weighted by Gasteiger charge is -2.13. The molecule has 132 valence electrons. The maximum Gasteiger partial charge on any atom is 0.416 e. The van der Waals surface area contributed by atoms with Gasteiger partial charge in [0.1, 0.15) is 0 Å². The molecule has 0 aromatic heterocycles. The fraction of sp³-hybridized carbons (Fsp3) is 0.316. The van der Waals surface area contributed by atoms with E-state index in [0.717, 1.165) is 37.0 Å². The standard InChI is InChI=1S/C19H19F3N2O/c20-19(21,22)16-7-13(11-23)8-17(10-16)24-18(25)9-12-4-5-14-2-1-3-15(14)6-12/h4-8,10H,1-3,9,11,23H2,(H,24,25). The minimum Gasteiger partial charge on any atom is -0.326 e. The lowest BCUT2D eigenvalue weighted by Crippen LogP contribution is -2.16. The second kappa shape index (κ2) is 6.88. The van der Waals surface area contributed by atoms with E-state index in [1.54, 1.807) is 0 Å². The number of alkyl halides is 3. The van der Waals surface area contributed by atoms with Gasteiger partial charge >= 0.3 is 6.18 Å². The largest absolute Gasteiger partial charge is 0.416 e. The Labute approximate surface area is 144 Å². The average Bonchev–Trinajstić information content (AvgIpc) is 3.01. The fourth-order valence-corrected chi connectivity index (χ4v) is 3.17. The first-order valence-electron chi connectivity index (χ1n) is 8.17. The molecule has 0 unspecified atom stereocenters. The van der Waals surface area contributed by atoms with Crippen LogP contribution < -0.4 is 11.1 Å². The molecule has 3 nitrogen and oxygen atoms in total. The molecule has 25 heavy (non-hydrogen) atoms. The van der Waals surface area contributed by atoms with Gasteiger partial charge in [0.2, 0.25) is 5.91 Å². The van der Waals surface area contributed by atoms with Crippen LogP contribution in [0, 0.1) is 0 Å². The predicted molar refractivity (Wildman–Crippen MR) is 90.1 cm³/mol. The van der Waals surface area contributed by atoms with Crippen molar-refractivity contribution in [3.05, 3.63) is 64.2 Å². The number of fused-ring (bicyclic) bond motifs is 1. The number of rotatable bonds is 4. The Morgan fingerprint density at radius 3 is 2.52 bits per heavy atom. The van der Waals surface area contributed by atoms with E-state index in [4.69, 9.17) is 5.73 Å². The lowest BCUT2D eigenvalue weighted by atomic mass is 10.0. The summed E-state index contributed by atoms with van der Waals surface area (Å²) in [6.07, 6.45) is -1.16. The van der Waals surface area contributed by atoms with E-state index in [0.29, 0.717) is 5.56 Å². The normalized spacial score (nSPS) is 13.6. The summed E-state index contributed by atoms with van der Waals surface area (Å²) in [6.45, 7) is -0.0301. The first-order valence-corrected chi connectivity index (χ1v) is 8.17. The van der Waals surface area contributed by atoms with Crippen LogP contribution in [0.5, 0.6) is 0 Å². The third kappa shape index (κ3) is 4.20. The van der Waals surface area contributed by atoms with Crippen LogP contribution in [-0.2, 0) is 36.8 Å². The van der Waals surface area contributed by atoms with Gasteiger partial charge in [0.05, 0.1) is 12.0 Å². The highest BCUT2D eigenvalue weighted by molar-refractivity contribution is 5.92. The third-order valence-corrected chi connectivity index (χ3v) is 4.37. The zero-order valence-electron chi connectivity index (χ0n) is 13.6. The molecule has 0 bridgehead atoms. The molecule has 0 saturated carbocycles. The molecule has 3 rings (SSSR count). The van der Waals surface area contributed by atoms with Crippen LogP contribution in [0.15, 0.2) is 36.4 Å². The smallest absolute Gasteiger partial charge is 0.326 e. The fourth-order valence-electron chi connectivity index (χ4n) is 3.17. The number of carbonyl (C=O) groups excluding carboxylic acids is 1. The molecular formula is C19H19F3N2O. The summed E-state index contributed by atoms with van der Waals surface area (Å²) < 4.78 is 38.8. The van der Waals surface area contributed by atoms with Crippen LogP contribution in [0.3, 0.4) is 0 Å². The summed E-state index contributed by atoms with van der Waals surface area (Å²) >= 11 is 0. The zero-order valence-corrected chi connectivity index (χ0v) is 13.6. The molecule has 0 saturated heterocycles. The molecule has 2 aromatic carbocycles. The maximum atomic E-state index is 12.9. The first-order chi connectivity index (χ1) is 11.8. The molecule has 0 spiro atoms. The van der Waals surface area contributed by atoms with Gasteiger partial charge < -0.3 is 11.1 Å². The Kier molecular flexibility index (Phi) is 4.81. The monoisotopic (exact) mass is 348 g/mol. The summed E-state index contributed by atoms with van der Waals surface area (Å²) in [5, 5.41) is 2.55.